The lowest BCUT2D eigenvalue weighted by atomic mass is 10.0. The molecule has 6 heteroatoms. The topological polar surface area (TPSA) is 44.4 Å². The summed E-state index contributed by atoms with van der Waals surface area (Å²) in [4.78, 5) is 14.1. The van der Waals surface area contributed by atoms with Crippen LogP contribution in [0.4, 0.5) is 0 Å². The van der Waals surface area contributed by atoms with Crippen molar-refractivity contribution < 1.29 is 4.79 Å². The van der Waals surface area contributed by atoms with Crippen LogP contribution in [0.2, 0.25) is 0 Å². The van der Waals surface area contributed by atoms with E-state index in [2.05, 4.69) is 24.5 Å². The van der Waals surface area contributed by atoms with Crippen LogP contribution in [0, 0.1) is 5.92 Å². The lowest BCUT2D eigenvalue weighted by Crippen LogP contribution is -2.53. The first-order valence-electron chi connectivity index (χ1n) is 6.20. The number of rotatable bonds is 4. The fourth-order valence-corrected chi connectivity index (χ4v) is 2.40. The number of nitrogens with zero attached hydrogens (tertiary/aromatic N) is 1. The summed E-state index contributed by atoms with van der Waals surface area (Å²) in [6.07, 6.45) is 2.25. The molecule has 0 aromatic rings. The Morgan fingerprint density at radius 3 is 2.33 bits per heavy atom. The van der Waals surface area contributed by atoms with E-state index in [1.165, 1.54) is 0 Å². The van der Waals surface area contributed by atoms with Crippen LogP contribution >= 0.6 is 24.8 Å². The average Bonchev–Trinajstić information content (AvgIpc) is 2.17. The molecule has 2 atom stereocenters. The molecule has 0 bridgehead atoms. The SMILES string of the molecule is CC(C)[C@@H](C(=O)N[C@H]1CCCNC1)N(C)C.Cl.Cl. The molecule has 1 aliphatic heterocycles. The third-order valence-electron chi connectivity index (χ3n) is 3.10. The maximum atomic E-state index is 12.1. The Morgan fingerprint density at radius 2 is 1.94 bits per heavy atom. The van der Waals surface area contributed by atoms with Gasteiger partial charge in [0.1, 0.15) is 0 Å². The molecular weight excluding hydrogens is 273 g/mol. The molecule has 0 radical (unpaired) electrons. The van der Waals surface area contributed by atoms with Crippen LogP contribution in [0.25, 0.3) is 0 Å². The minimum Gasteiger partial charge on any atom is -0.351 e. The fraction of sp³-hybridized carbons (Fsp3) is 0.917. The van der Waals surface area contributed by atoms with E-state index in [0.717, 1.165) is 25.9 Å². The number of carbonyl (C=O) groups excluding carboxylic acids is 1. The van der Waals surface area contributed by atoms with E-state index in [9.17, 15) is 4.79 Å². The number of nitrogens with one attached hydrogen (secondary N) is 2. The van der Waals surface area contributed by atoms with E-state index >= 15 is 0 Å². The molecular formula is C12H27Cl2N3O. The van der Waals surface area contributed by atoms with Gasteiger partial charge in [0, 0.05) is 12.6 Å². The Labute approximate surface area is 123 Å². The highest BCUT2D eigenvalue weighted by molar-refractivity contribution is 5.85. The van der Waals surface area contributed by atoms with Crippen LogP contribution in [0.3, 0.4) is 0 Å². The molecule has 1 fully saturated rings. The van der Waals surface area contributed by atoms with Gasteiger partial charge in [-0.05, 0) is 39.4 Å². The van der Waals surface area contributed by atoms with Gasteiger partial charge in [0.15, 0.2) is 0 Å². The molecule has 0 aliphatic carbocycles. The van der Waals surface area contributed by atoms with Gasteiger partial charge in [0.25, 0.3) is 0 Å². The molecule has 0 unspecified atom stereocenters. The smallest absolute Gasteiger partial charge is 0.237 e. The molecule has 0 aromatic carbocycles. The van der Waals surface area contributed by atoms with Crippen LogP contribution in [0.5, 0.6) is 0 Å². The van der Waals surface area contributed by atoms with Crippen molar-refractivity contribution >= 4 is 30.7 Å². The third-order valence-corrected chi connectivity index (χ3v) is 3.10. The molecule has 0 aromatic heterocycles. The zero-order valence-corrected chi connectivity index (χ0v) is 13.4. The van der Waals surface area contributed by atoms with Crippen LogP contribution < -0.4 is 10.6 Å². The maximum absolute atomic E-state index is 12.1. The molecule has 1 saturated heterocycles. The summed E-state index contributed by atoms with van der Waals surface area (Å²) in [6.45, 7) is 6.16. The predicted molar refractivity (Wildman–Crippen MR) is 80.8 cm³/mol. The summed E-state index contributed by atoms with van der Waals surface area (Å²) in [6, 6.07) is 0.282. The molecule has 110 valence electrons. The maximum Gasteiger partial charge on any atom is 0.237 e. The van der Waals surface area contributed by atoms with Crippen molar-refractivity contribution in [2.45, 2.75) is 38.8 Å². The summed E-state index contributed by atoms with van der Waals surface area (Å²) in [7, 11) is 3.92. The average molecular weight is 300 g/mol. The quantitative estimate of drug-likeness (QED) is 0.822. The Morgan fingerprint density at radius 1 is 1.33 bits per heavy atom. The highest BCUT2D eigenvalue weighted by Crippen LogP contribution is 2.09. The number of piperidine rings is 1. The van der Waals surface area contributed by atoms with Crippen molar-refractivity contribution in [1.82, 2.24) is 15.5 Å². The first-order valence-corrected chi connectivity index (χ1v) is 6.20. The van der Waals surface area contributed by atoms with Gasteiger partial charge in [0.05, 0.1) is 6.04 Å². The molecule has 4 nitrogen and oxygen atoms in total. The van der Waals surface area contributed by atoms with Crippen molar-refractivity contribution in [2.24, 2.45) is 5.92 Å². The minimum atomic E-state index is -0.0260. The van der Waals surface area contributed by atoms with Crippen LogP contribution in [0.15, 0.2) is 0 Å². The van der Waals surface area contributed by atoms with Gasteiger partial charge < -0.3 is 10.6 Å². The van der Waals surface area contributed by atoms with Gasteiger partial charge in [-0.3, -0.25) is 9.69 Å². The normalized spacial score (nSPS) is 20.9. The molecule has 1 rings (SSSR count). The second-order valence-electron chi connectivity index (χ2n) is 5.20. The van der Waals surface area contributed by atoms with Crippen molar-refractivity contribution in [1.29, 1.82) is 0 Å². The Bertz CT molecular complexity index is 223. The summed E-state index contributed by atoms with van der Waals surface area (Å²) >= 11 is 0. The van der Waals surface area contributed by atoms with E-state index in [0.29, 0.717) is 12.0 Å². The van der Waals surface area contributed by atoms with Crippen LogP contribution in [-0.4, -0.2) is 50.1 Å². The van der Waals surface area contributed by atoms with Gasteiger partial charge in [-0.1, -0.05) is 13.8 Å². The van der Waals surface area contributed by atoms with Crippen molar-refractivity contribution in [3.8, 4) is 0 Å². The van der Waals surface area contributed by atoms with E-state index < -0.39 is 0 Å². The zero-order valence-electron chi connectivity index (χ0n) is 11.7. The highest BCUT2D eigenvalue weighted by Gasteiger charge is 2.26. The number of amides is 1. The Balaban J connectivity index is 0. The summed E-state index contributed by atoms with van der Waals surface area (Å²) in [5, 5.41) is 6.45. The molecule has 0 saturated carbocycles. The molecule has 1 heterocycles. The highest BCUT2D eigenvalue weighted by atomic mass is 35.5. The molecule has 0 spiro atoms. The Hall–Kier alpha value is -0.0300. The first kappa shape index (κ1) is 20.3. The van der Waals surface area contributed by atoms with Gasteiger partial charge in [-0.15, -0.1) is 24.8 Å². The lowest BCUT2D eigenvalue weighted by Gasteiger charge is -2.30. The Kier molecular flexibility index (Phi) is 11.1. The van der Waals surface area contributed by atoms with Gasteiger partial charge in [0.2, 0.25) is 5.91 Å². The largest absolute Gasteiger partial charge is 0.351 e. The predicted octanol–water partition coefficient (Wildman–Crippen LogP) is 1.28. The summed E-state index contributed by atoms with van der Waals surface area (Å²) in [5.74, 6) is 0.500. The molecule has 1 aliphatic rings. The van der Waals surface area contributed by atoms with Crippen molar-refractivity contribution in [2.75, 3.05) is 27.2 Å². The van der Waals surface area contributed by atoms with Crippen molar-refractivity contribution in [3.63, 3.8) is 0 Å². The lowest BCUT2D eigenvalue weighted by molar-refractivity contribution is -0.127. The number of carbonyl (C=O) groups is 1. The van der Waals surface area contributed by atoms with E-state index in [4.69, 9.17) is 0 Å². The van der Waals surface area contributed by atoms with Gasteiger partial charge >= 0.3 is 0 Å². The third kappa shape index (κ3) is 6.23. The first-order chi connectivity index (χ1) is 7.52. The van der Waals surface area contributed by atoms with Crippen LogP contribution in [-0.2, 0) is 4.79 Å². The van der Waals surface area contributed by atoms with E-state index in [1.54, 1.807) is 0 Å². The number of hydrogen-bond donors (Lipinski definition) is 2. The second kappa shape index (κ2) is 9.84. The molecule has 18 heavy (non-hydrogen) atoms. The van der Waals surface area contributed by atoms with Gasteiger partial charge in [-0.25, -0.2) is 0 Å². The molecule has 2 N–H and O–H groups in total. The summed E-state index contributed by atoms with van der Waals surface area (Å²) in [5.41, 5.74) is 0. The van der Waals surface area contributed by atoms with Crippen LogP contribution in [0.1, 0.15) is 26.7 Å². The number of hydrogen-bond acceptors (Lipinski definition) is 3. The number of halogens is 2. The number of likely N-dealkylation sites (N-methyl/N-ethyl adjacent to an activating group) is 1. The minimum absolute atomic E-state index is 0. The summed E-state index contributed by atoms with van der Waals surface area (Å²) < 4.78 is 0. The van der Waals surface area contributed by atoms with Gasteiger partial charge in [-0.2, -0.15) is 0 Å². The fourth-order valence-electron chi connectivity index (χ4n) is 2.40. The second-order valence-corrected chi connectivity index (χ2v) is 5.20. The monoisotopic (exact) mass is 299 g/mol. The standard InChI is InChI=1S/C12H25N3O.2ClH/c1-9(2)11(15(3)4)12(16)14-10-6-5-7-13-8-10;;/h9-11,13H,5-8H2,1-4H3,(H,14,16);2*1H/t10-,11-;;/m0../s1. The molecule has 1 amide bonds. The van der Waals surface area contributed by atoms with E-state index in [1.807, 2.05) is 19.0 Å². The van der Waals surface area contributed by atoms with Crippen molar-refractivity contribution in [3.05, 3.63) is 0 Å². The zero-order chi connectivity index (χ0) is 12.1. The van der Waals surface area contributed by atoms with E-state index in [-0.39, 0.29) is 36.8 Å².